The third kappa shape index (κ3) is 4.83. The number of rotatable bonds is 8. The molecule has 136 valence electrons. The van der Waals surface area contributed by atoms with Crippen LogP contribution in [0, 0.1) is 0 Å². The second-order valence-corrected chi connectivity index (χ2v) is 7.48. The second kappa shape index (κ2) is 8.81. The van der Waals surface area contributed by atoms with E-state index < -0.39 is 0 Å². The van der Waals surface area contributed by atoms with Gasteiger partial charge in [0.1, 0.15) is 5.75 Å². The summed E-state index contributed by atoms with van der Waals surface area (Å²) in [4.78, 5) is 13.3. The molecule has 1 aromatic carbocycles. The monoisotopic (exact) mass is 389 g/mol. The molecule has 3 aromatic rings. The number of nitrogens with zero attached hydrogens (tertiary/aromatic N) is 4. The van der Waals surface area contributed by atoms with Crippen LogP contribution in [0.5, 0.6) is 5.75 Å². The Bertz CT molecular complexity index is 833. The lowest BCUT2D eigenvalue weighted by molar-refractivity contribution is -0.119. The molecule has 0 saturated carbocycles. The predicted molar refractivity (Wildman–Crippen MR) is 102 cm³/mol. The van der Waals surface area contributed by atoms with Crippen molar-refractivity contribution in [2.24, 2.45) is 0 Å². The highest BCUT2D eigenvalue weighted by Gasteiger charge is 2.13. The molecule has 9 heteroatoms. The van der Waals surface area contributed by atoms with Crippen molar-refractivity contribution in [3.8, 4) is 5.75 Å². The first kappa shape index (κ1) is 18.4. The van der Waals surface area contributed by atoms with Gasteiger partial charge in [0.25, 0.3) is 0 Å². The van der Waals surface area contributed by atoms with E-state index in [1.54, 1.807) is 23.1 Å². The number of ether oxygens (including phenoxy) is 1. The summed E-state index contributed by atoms with van der Waals surface area (Å²) in [5.41, 5.74) is 1.05. The number of hydrogen-bond acceptors (Lipinski definition) is 7. The fourth-order valence-electron chi connectivity index (χ4n) is 2.32. The van der Waals surface area contributed by atoms with E-state index in [0.717, 1.165) is 16.2 Å². The van der Waals surface area contributed by atoms with E-state index in [1.165, 1.54) is 11.8 Å². The van der Waals surface area contributed by atoms with E-state index in [4.69, 9.17) is 4.74 Å². The first-order valence-corrected chi connectivity index (χ1v) is 9.87. The maximum Gasteiger partial charge on any atom is 0.230 e. The molecule has 0 unspecified atom stereocenters. The minimum absolute atomic E-state index is 0.00149. The van der Waals surface area contributed by atoms with Crippen molar-refractivity contribution in [3.05, 3.63) is 52.2 Å². The van der Waals surface area contributed by atoms with Gasteiger partial charge in [0.05, 0.1) is 25.4 Å². The minimum atomic E-state index is -0.0464. The van der Waals surface area contributed by atoms with E-state index in [-0.39, 0.29) is 17.7 Å². The number of carbonyl (C=O) groups excluding carboxylic acids is 1. The predicted octanol–water partition coefficient (Wildman–Crippen LogP) is 2.76. The van der Waals surface area contributed by atoms with Gasteiger partial charge in [-0.25, -0.2) is 4.68 Å². The summed E-state index contributed by atoms with van der Waals surface area (Å²) in [7, 11) is 1.63. The van der Waals surface area contributed by atoms with Gasteiger partial charge in [0, 0.05) is 4.88 Å². The van der Waals surface area contributed by atoms with E-state index in [2.05, 4.69) is 20.8 Å². The molecular formula is C17H19N5O2S2. The molecule has 7 nitrogen and oxygen atoms in total. The van der Waals surface area contributed by atoms with Crippen LogP contribution in [-0.2, 0) is 11.3 Å². The fourth-order valence-corrected chi connectivity index (χ4v) is 3.75. The van der Waals surface area contributed by atoms with E-state index >= 15 is 0 Å². The van der Waals surface area contributed by atoms with Crippen molar-refractivity contribution >= 4 is 29.0 Å². The Hall–Kier alpha value is -2.39. The van der Waals surface area contributed by atoms with Crippen molar-refractivity contribution in [2.75, 3.05) is 12.9 Å². The molecule has 1 atom stereocenters. The van der Waals surface area contributed by atoms with Crippen LogP contribution in [0.25, 0.3) is 0 Å². The molecule has 0 radical (unpaired) electrons. The number of nitrogens with one attached hydrogen (secondary N) is 1. The van der Waals surface area contributed by atoms with Crippen molar-refractivity contribution in [2.45, 2.75) is 24.7 Å². The van der Waals surface area contributed by atoms with Gasteiger partial charge in [-0.1, -0.05) is 30.0 Å². The van der Waals surface area contributed by atoms with Crippen LogP contribution >= 0.6 is 23.1 Å². The number of amides is 1. The molecule has 0 bridgehead atoms. The Kier molecular flexibility index (Phi) is 6.24. The molecule has 0 spiro atoms. The van der Waals surface area contributed by atoms with Gasteiger partial charge in [-0.05, 0) is 46.5 Å². The van der Waals surface area contributed by atoms with Crippen LogP contribution in [0.4, 0.5) is 0 Å². The van der Waals surface area contributed by atoms with Crippen LogP contribution in [-0.4, -0.2) is 39.0 Å². The molecule has 1 N–H and O–H groups in total. The molecule has 0 aliphatic carbocycles. The summed E-state index contributed by atoms with van der Waals surface area (Å²) in [5, 5.41) is 17.3. The van der Waals surface area contributed by atoms with E-state index in [0.29, 0.717) is 11.7 Å². The largest absolute Gasteiger partial charge is 0.497 e. The average Bonchev–Trinajstić information content (AvgIpc) is 3.33. The summed E-state index contributed by atoms with van der Waals surface area (Å²) in [6.07, 6.45) is 0. The van der Waals surface area contributed by atoms with Gasteiger partial charge < -0.3 is 10.1 Å². The SMILES string of the molecule is COc1ccc(Cn2nnnc2SCC(=O)N[C@@H](C)c2cccs2)cc1. The summed E-state index contributed by atoms with van der Waals surface area (Å²) in [5.74, 6) is 1.02. The van der Waals surface area contributed by atoms with E-state index in [9.17, 15) is 4.79 Å². The Morgan fingerprint density at radius 3 is 2.85 bits per heavy atom. The smallest absolute Gasteiger partial charge is 0.230 e. The molecule has 3 rings (SSSR count). The Morgan fingerprint density at radius 2 is 2.15 bits per heavy atom. The molecule has 1 amide bonds. The highest BCUT2D eigenvalue weighted by molar-refractivity contribution is 7.99. The molecular weight excluding hydrogens is 370 g/mol. The van der Waals surface area contributed by atoms with E-state index in [1.807, 2.05) is 48.7 Å². The van der Waals surface area contributed by atoms with Crippen molar-refractivity contribution in [1.29, 1.82) is 0 Å². The molecule has 0 fully saturated rings. The Labute approximate surface area is 159 Å². The zero-order valence-corrected chi connectivity index (χ0v) is 16.1. The van der Waals surface area contributed by atoms with Gasteiger partial charge in [-0.15, -0.1) is 16.4 Å². The maximum atomic E-state index is 12.2. The van der Waals surface area contributed by atoms with Crippen LogP contribution in [0.3, 0.4) is 0 Å². The van der Waals surface area contributed by atoms with Crippen LogP contribution in [0.15, 0.2) is 46.9 Å². The standard InChI is InChI=1S/C17H19N5O2S2/c1-12(15-4-3-9-25-15)18-16(23)11-26-17-19-20-21-22(17)10-13-5-7-14(24-2)8-6-13/h3-9,12H,10-11H2,1-2H3,(H,18,23)/t12-/m0/s1. The molecule has 2 heterocycles. The zero-order chi connectivity index (χ0) is 18.4. The summed E-state index contributed by atoms with van der Waals surface area (Å²) in [6, 6.07) is 11.7. The van der Waals surface area contributed by atoms with Gasteiger partial charge in [0.2, 0.25) is 11.1 Å². The molecule has 0 saturated heterocycles. The van der Waals surface area contributed by atoms with Gasteiger partial charge in [0.15, 0.2) is 0 Å². The van der Waals surface area contributed by atoms with Crippen LogP contribution in [0.1, 0.15) is 23.4 Å². The Morgan fingerprint density at radius 1 is 1.35 bits per heavy atom. The normalized spacial score (nSPS) is 11.9. The number of benzene rings is 1. The summed E-state index contributed by atoms with van der Waals surface area (Å²) in [6.45, 7) is 2.51. The number of hydrogen-bond donors (Lipinski definition) is 1. The average molecular weight is 390 g/mol. The minimum Gasteiger partial charge on any atom is -0.497 e. The van der Waals surface area contributed by atoms with Crippen molar-refractivity contribution in [3.63, 3.8) is 0 Å². The lowest BCUT2D eigenvalue weighted by Gasteiger charge is -2.11. The van der Waals surface area contributed by atoms with Crippen LogP contribution in [0.2, 0.25) is 0 Å². The molecule has 26 heavy (non-hydrogen) atoms. The number of tetrazole rings is 1. The molecule has 0 aliphatic heterocycles. The van der Waals surface area contributed by atoms with Crippen molar-refractivity contribution < 1.29 is 9.53 Å². The van der Waals surface area contributed by atoms with Gasteiger partial charge >= 0.3 is 0 Å². The number of thiophene rings is 1. The zero-order valence-electron chi connectivity index (χ0n) is 14.5. The van der Waals surface area contributed by atoms with Crippen molar-refractivity contribution in [1.82, 2.24) is 25.5 Å². The first-order chi connectivity index (χ1) is 12.7. The molecule has 2 aromatic heterocycles. The lowest BCUT2D eigenvalue weighted by Crippen LogP contribution is -2.27. The lowest BCUT2D eigenvalue weighted by atomic mass is 10.2. The van der Waals surface area contributed by atoms with Crippen LogP contribution < -0.4 is 10.1 Å². The third-order valence-corrected chi connectivity index (χ3v) is 5.68. The number of methoxy groups -OCH3 is 1. The second-order valence-electron chi connectivity index (χ2n) is 5.56. The van der Waals surface area contributed by atoms with Gasteiger partial charge in [-0.3, -0.25) is 4.79 Å². The summed E-state index contributed by atoms with van der Waals surface area (Å²) >= 11 is 2.95. The fraction of sp³-hybridized carbons (Fsp3) is 0.294. The number of carbonyl (C=O) groups is 1. The first-order valence-electron chi connectivity index (χ1n) is 8.00. The number of thioether (sulfide) groups is 1. The Balaban J connectivity index is 1.54. The quantitative estimate of drug-likeness (QED) is 0.597. The maximum absolute atomic E-state index is 12.2. The topological polar surface area (TPSA) is 81.9 Å². The van der Waals surface area contributed by atoms with Gasteiger partial charge in [-0.2, -0.15) is 0 Å². The number of aromatic nitrogens is 4. The highest BCUT2D eigenvalue weighted by Crippen LogP contribution is 2.20. The third-order valence-electron chi connectivity index (χ3n) is 3.67. The summed E-state index contributed by atoms with van der Waals surface area (Å²) < 4.78 is 6.84. The molecule has 0 aliphatic rings. The highest BCUT2D eigenvalue weighted by atomic mass is 32.2.